The van der Waals surface area contributed by atoms with Crippen molar-refractivity contribution in [3.8, 4) is 0 Å². The molecule has 1 aromatic carbocycles. The molecule has 7 heteroatoms. The standard InChI is InChI=1S/C13H14BrN3O2S/c1-7-4-9(19-12(7)13(18)17-16)6-20-11-3-2-8(15)5-10(11)14/h2-5H,6,15-16H2,1H3,(H,17,18). The predicted octanol–water partition coefficient (Wildman–Crippen LogP) is 2.83. The number of hydrazine groups is 1. The number of benzene rings is 1. The number of carbonyl (C=O) groups excluding carboxylic acids is 1. The van der Waals surface area contributed by atoms with Gasteiger partial charge >= 0.3 is 5.91 Å². The van der Waals surface area contributed by atoms with E-state index in [1.165, 1.54) is 0 Å². The Hall–Kier alpha value is -1.44. The lowest BCUT2D eigenvalue weighted by atomic mass is 10.2. The van der Waals surface area contributed by atoms with Gasteiger partial charge in [-0.15, -0.1) is 11.8 Å². The quantitative estimate of drug-likeness (QED) is 0.257. The number of furan rings is 1. The number of anilines is 1. The van der Waals surface area contributed by atoms with Crippen molar-refractivity contribution in [2.75, 3.05) is 5.73 Å². The molecule has 5 N–H and O–H groups in total. The molecule has 1 heterocycles. The number of hydrogen-bond acceptors (Lipinski definition) is 5. The number of nitrogens with two attached hydrogens (primary N) is 2. The molecule has 0 saturated carbocycles. The smallest absolute Gasteiger partial charge is 0.301 e. The van der Waals surface area contributed by atoms with Gasteiger partial charge in [-0.25, -0.2) is 5.84 Å². The molecule has 1 aromatic heterocycles. The molecule has 20 heavy (non-hydrogen) atoms. The summed E-state index contributed by atoms with van der Waals surface area (Å²) in [5.74, 6) is 6.25. The van der Waals surface area contributed by atoms with Gasteiger partial charge in [0.2, 0.25) is 0 Å². The molecule has 0 aliphatic rings. The van der Waals surface area contributed by atoms with Gasteiger partial charge in [-0.1, -0.05) is 0 Å². The van der Waals surface area contributed by atoms with Crippen molar-refractivity contribution in [2.45, 2.75) is 17.6 Å². The molecule has 2 aromatic rings. The summed E-state index contributed by atoms with van der Waals surface area (Å²) >= 11 is 5.05. The summed E-state index contributed by atoms with van der Waals surface area (Å²) < 4.78 is 6.44. The first-order valence-electron chi connectivity index (χ1n) is 5.79. The predicted molar refractivity (Wildman–Crippen MR) is 83.2 cm³/mol. The molecule has 2 rings (SSSR count). The van der Waals surface area contributed by atoms with E-state index in [2.05, 4.69) is 21.4 Å². The van der Waals surface area contributed by atoms with Crippen molar-refractivity contribution in [3.63, 3.8) is 0 Å². The van der Waals surface area contributed by atoms with E-state index >= 15 is 0 Å². The minimum Gasteiger partial charge on any atom is -0.455 e. The Morgan fingerprint density at radius 3 is 2.85 bits per heavy atom. The topological polar surface area (TPSA) is 94.3 Å². The summed E-state index contributed by atoms with van der Waals surface area (Å²) in [6.45, 7) is 1.81. The van der Waals surface area contributed by atoms with Crippen molar-refractivity contribution in [3.05, 3.63) is 45.8 Å². The maximum atomic E-state index is 11.5. The highest BCUT2D eigenvalue weighted by molar-refractivity contribution is 9.10. The van der Waals surface area contributed by atoms with Gasteiger partial charge in [0.25, 0.3) is 0 Å². The van der Waals surface area contributed by atoms with Gasteiger partial charge in [0.1, 0.15) is 5.76 Å². The number of aryl methyl sites for hydroxylation is 1. The van der Waals surface area contributed by atoms with Crippen molar-refractivity contribution in [1.29, 1.82) is 0 Å². The van der Waals surface area contributed by atoms with Crippen LogP contribution < -0.4 is 17.0 Å². The van der Waals surface area contributed by atoms with E-state index in [9.17, 15) is 4.79 Å². The number of nitrogen functional groups attached to an aromatic ring is 2. The van der Waals surface area contributed by atoms with Crippen molar-refractivity contribution >= 4 is 39.3 Å². The second kappa shape index (κ2) is 6.34. The highest BCUT2D eigenvalue weighted by atomic mass is 79.9. The summed E-state index contributed by atoms with van der Waals surface area (Å²) in [4.78, 5) is 12.5. The molecule has 106 valence electrons. The van der Waals surface area contributed by atoms with Crippen molar-refractivity contribution in [2.24, 2.45) is 5.84 Å². The van der Waals surface area contributed by atoms with E-state index in [1.807, 2.05) is 24.3 Å². The molecule has 0 unspecified atom stereocenters. The zero-order chi connectivity index (χ0) is 14.7. The average molecular weight is 356 g/mol. The third kappa shape index (κ3) is 3.36. The second-order valence-electron chi connectivity index (χ2n) is 4.18. The van der Waals surface area contributed by atoms with Crippen LogP contribution in [0.5, 0.6) is 0 Å². The second-order valence-corrected chi connectivity index (χ2v) is 6.05. The van der Waals surface area contributed by atoms with E-state index in [0.717, 1.165) is 20.7 Å². The summed E-state index contributed by atoms with van der Waals surface area (Å²) in [5.41, 5.74) is 9.23. The number of amides is 1. The number of thioether (sulfide) groups is 1. The SMILES string of the molecule is Cc1cc(CSc2ccc(N)cc2Br)oc1C(=O)NN. The van der Waals surface area contributed by atoms with E-state index in [-0.39, 0.29) is 5.76 Å². The number of carbonyl (C=O) groups is 1. The van der Waals surface area contributed by atoms with Gasteiger partial charge < -0.3 is 10.2 Å². The maximum absolute atomic E-state index is 11.5. The lowest BCUT2D eigenvalue weighted by Crippen LogP contribution is -2.30. The van der Waals surface area contributed by atoms with Crippen molar-refractivity contribution in [1.82, 2.24) is 5.43 Å². The molecule has 0 aliphatic carbocycles. The Morgan fingerprint density at radius 2 is 2.20 bits per heavy atom. The molecule has 0 saturated heterocycles. The van der Waals surface area contributed by atoms with Gasteiger partial charge in [-0.05, 0) is 47.1 Å². The summed E-state index contributed by atoms with van der Waals surface area (Å²) in [6, 6.07) is 7.47. The van der Waals surface area contributed by atoms with Gasteiger partial charge in [0.15, 0.2) is 5.76 Å². The van der Waals surface area contributed by atoms with Gasteiger partial charge in [-0.2, -0.15) is 0 Å². The van der Waals surface area contributed by atoms with Crippen molar-refractivity contribution < 1.29 is 9.21 Å². The molecular formula is C13H14BrN3O2S. The monoisotopic (exact) mass is 355 g/mol. The third-order valence-corrected chi connectivity index (χ3v) is 4.65. The van der Waals surface area contributed by atoms with Crippen LogP contribution in [0.3, 0.4) is 0 Å². The molecule has 0 radical (unpaired) electrons. The summed E-state index contributed by atoms with van der Waals surface area (Å²) in [6.07, 6.45) is 0. The zero-order valence-electron chi connectivity index (χ0n) is 10.8. The van der Waals surface area contributed by atoms with Crippen LogP contribution in [-0.2, 0) is 5.75 Å². The first-order valence-corrected chi connectivity index (χ1v) is 7.57. The lowest BCUT2D eigenvalue weighted by molar-refractivity contribution is 0.0923. The number of rotatable bonds is 4. The Morgan fingerprint density at radius 1 is 1.45 bits per heavy atom. The Bertz CT molecular complexity index is 643. The molecule has 0 spiro atoms. The van der Waals surface area contributed by atoms with E-state index in [1.54, 1.807) is 18.7 Å². The fourth-order valence-electron chi connectivity index (χ4n) is 1.69. The van der Waals surface area contributed by atoms with Crippen LogP contribution in [0.15, 0.2) is 38.1 Å². The first-order chi connectivity index (χ1) is 9.51. The van der Waals surface area contributed by atoms with Crippen LogP contribution >= 0.6 is 27.7 Å². The molecule has 0 bridgehead atoms. The van der Waals surface area contributed by atoms with Crippen LogP contribution in [-0.4, -0.2) is 5.91 Å². The number of nitrogens with one attached hydrogen (secondary N) is 1. The molecule has 1 amide bonds. The van der Waals surface area contributed by atoms with E-state index < -0.39 is 5.91 Å². The third-order valence-electron chi connectivity index (χ3n) is 2.63. The number of halogens is 1. The summed E-state index contributed by atoms with van der Waals surface area (Å²) in [5, 5.41) is 0. The zero-order valence-corrected chi connectivity index (χ0v) is 13.2. The highest BCUT2D eigenvalue weighted by Crippen LogP contribution is 2.32. The fraction of sp³-hybridized carbons (Fsp3) is 0.154. The van der Waals surface area contributed by atoms with Gasteiger partial charge in [0.05, 0.1) is 5.75 Å². The Balaban J connectivity index is 2.09. The van der Waals surface area contributed by atoms with Crippen LogP contribution in [0.2, 0.25) is 0 Å². The minimum atomic E-state index is -0.424. The van der Waals surface area contributed by atoms with E-state index in [0.29, 0.717) is 11.4 Å². The maximum Gasteiger partial charge on any atom is 0.301 e. The van der Waals surface area contributed by atoms with Crippen LogP contribution in [0.4, 0.5) is 5.69 Å². The van der Waals surface area contributed by atoms with Gasteiger partial charge in [0, 0.05) is 20.6 Å². The largest absolute Gasteiger partial charge is 0.455 e. The van der Waals surface area contributed by atoms with Crippen LogP contribution in [0.25, 0.3) is 0 Å². The first kappa shape index (κ1) is 15.0. The Kier molecular flexibility index (Phi) is 4.74. The molecule has 5 nitrogen and oxygen atoms in total. The highest BCUT2D eigenvalue weighted by Gasteiger charge is 2.15. The van der Waals surface area contributed by atoms with Gasteiger partial charge in [-0.3, -0.25) is 10.2 Å². The Labute approximate surface area is 129 Å². The fourth-order valence-corrected chi connectivity index (χ4v) is 3.23. The molecular weight excluding hydrogens is 342 g/mol. The van der Waals surface area contributed by atoms with Crippen LogP contribution in [0, 0.1) is 6.92 Å². The number of hydrogen-bond donors (Lipinski definition) is 3. The van der Waals surface area contributed by atoms with E-state index in [4.69, 9.17) is 16.0 Å². The molecule has 0 aliphatic heterocycles. The van der Waals surface area contributed by atoms with Crippen LogP contribution in [0.1, 0.15) is 21.9 Å². The summed E-state index contributed by atoms with van der Waals surface area (Å²) in [7, 11) is 0. The lowest BCUT2D eigenvalue weighted by Gasteiger charge is -2.03. The molecule has 0 atom stereocenters. The minimum absolute atomic E-state index is 0.250. The normalized spacial score (nSPS) is 10.6. The molecule has 0 fully saturated rings. The average Bonchev–Trinajstić information content (AvgIpc) is 2.78.